The van der Waals surface area contributed by atoms with E-state index in [-0.39, 0.29) is 10.8 Å². The second-order valence-corrected chi connectivity index (χ2v) is 19.5. The zero-order valence-corrected chi connectivity index (χ0v) is 36.5. The van der Waals surface area contributed by atoms with E-state index in [1.807, 2.05) is 0 Å². The minimum atomic E-state index is -0.472. The van der Waals surface area contributed by atoms with Gasteiger partial charge in [0.1, 0.15) is 0 Å². The van der Waals surface area contributed by atoms with Crippen molar-refractivity contribution in [1.82, 2.24) is 0 Å². The molecule has 14 rings (SSSR count). The van der Waals surface area contributed by atoms with Crippen molar-refractivity contribution in [3.8, 4) is 44.5 Å². The maximum Gasteiger partial charge on any atom is 0.0726 e. The fourth-order valence-corrected chi connectivity index (χ4v) is 13.3. The average molecular weight is 816 g/mol. The summed E-state index contributed by atoms with van der Waals surface area (Å²) in [5.41, 5.74) is 24.1. The summed E-state index contributed by atoms with van der Waals surface area (Å²) in [5, 5.41) is 5.14. The van der Waals surface area contributed by atoms with Crippen LogP contribution in [0.15, 0.2) is 200 Å². The first-order chi connectivity index (χ1) is 31.3. The van der Waals surface area contributed by atoms with Gasteiger partial charge in [0.05, 0.1) is 22.5 Å². The van der Waals surface area contributed by atoms with Crippen LogP contribution in [0.25, 0.3) is 66.1 Å². The van der Waals surface area contributed by atoms with Gasteiger partial charge in [-0.2, -0.15) is 0 Å². The van der Waals surface area contributed by atoms with E-state index in [0.29, 0.717) is 0 Å². The third kappa shape index (κ3) is 4.26. The molecule has 1 spiro atoms. The zero-order valence-electron chi connectivity index (χ0n) is 36.5. The summed E-state index contributed by atoms with van der Waals surface area (Å²) in [6, 6.07) is 76.4. The van der Waals surface area contributed by atoms with Gasteiger partial charge in [-0.25, -0.2) is 0 Å². The Balaban J connectivity index is 1.19. The van der Waals surface area contributed by atoms with Gasteiger partial charge in [0.25, 0.3) is 0 Å². The lowest BCUT2D eigenvalue weighted by atomic mass is 9.70. The van der Waals surface area contributed by atoms with Crippen LogP contribution in [0.4, 0.5) is 17.1 Å². The molecule has 0 bridgehead atoms. The van der Waals surface area contributed by atoms with Gasteiger partial charge >= 0.3 is 0 Å². The molecule has 0 aliphatic heterocycles. The molecule has 0 fully saturated rings. The Kier molecular flexibility index (Phi) is 6.97. The van der Waals surface area contributed by atoms with Crippen molar-refractivity contribution in [1.29, 1.82) is 0 Å². The Morgan fingerprint density at radius 1 is 0.297 bits per heavy atom. The number of fused-ring (bicyclic) bond motifs is 20. The van der Waals surface area contributed by atoms with Crippen molar-refractivity contribution >= 4 is 38.6 Å². The van der Waals surface area contributed by atoms with Crippen LogP contribution >= 0.6 is 0 Å². The van der Waals surface area contributed by atoms with Crippen molar-refractivity contribution in [3.05, 3.63) is 245 Å². The van der Waals surface area contributed by atoms with Crippen molar-refractivity contribution in [2.75, 3.05) is 4.90 Å². The Morgan fingerprint density at radius 2 is 0.656 bits per heavy atom. The molecule has 10 aromatic carbocycles. The van der Waals surface area contributed by atoms with Crippen LogP contribution < -0.4 is 4.90 Å². The maximum absolute atomic E-state index is 2.72. The van der Waals surface area contributed by atoms with E-state index in [2.05, 4.69) is 233 Å². The quantitative estimate of drug-likeness (QED) is 0.172. The Bertz CT molecular complexity index is 3500. The highest BCUT2D eigenvalue weighted by Crippen LogP contribution is 2.67. The van der Waals surface area contributed by atoms with E-state index >= 15 is 0 Å². The van der Waals surface area contributed by atoms with Gasteiger partial charge in [0.2, 0.25) is 0 Å². The van der Waals surface area contributed by atoms with E-state index in [4.69, 9.17) is 0 Å². The maximum atomic E-state index is 2.72. The summed E-state index contributed by atoms with van der Waals surface area (Å²) in [4.78, 5) is 2.72. The first-order valence-electron chi connectivity index (χ1n) is 22.9. The lowest BCUT2D eigenvalue weighted by Crippen LogP contribution is -2.26. The standard InChI is InChI=1S/C63H45N/c1-61(2)47-29-14-11-26-44(47)57-54(36-38-20-5-7-22-40(38)59(57)61)64(55-37-39-21-6-8-23-41(39)60-58(55)45-27-12-15-30-48(45)62(60,3)4)53-35-19-34-52-56(53)46-28-13-18-33-51(46)63(52)49-31-16-9-24-42(49)43-25-10-17-32-50(43)63/h5-37H,1-4H3. The fraction of sp³-hybridized carbons (Fsp3) is 0.111. The monoisotopic (exact) mass is 815 g/mol. The Morgan fingerprint density at radius 3 is 1.14 bits per heavy atom. The molecule has 0 saturated heterocycles. The number of nitrogens with zero attached hydrogens (tertiary/aromatic N) is 1. The van der Waals surface area contributed by atoms with E-state index in [0.717, 1.165) is 0 Å². The minimum absolute atomic E-state index is 0.223. The number of anilines is 3. The molecular weight excluding hydrogens is 771 g/mol. The number of rotatable bonds is 3. The molecule has 0 amide bonds. The fourth-order valence-electron chi connectivity index (χ4n) is 13.3. The van der Waals surface area contributed by atoms with Crippen molar-refractivity contribution in [2.24, 2.45) is 0 Å². The van der Waals surface area contributed by atoms with Crippen LogP contribution in [0.5, 0.6) is 0 Å². The van der Waals surface area contributed by atoms with Crippen LogP contribution in [-0.4, -0.2) is 0 Å². The van der Waals surface area contributed by atoms with Crippen LogP contribution in [-0.2, 0) is 16.2 Å². The topological polar surface area (TPSA) is 3.24 Å². The van der Waals surface area contributed by atoms with E-state index in [1.165, 1.54) is 128 Å². The highest BCUT2D eigenvalue weighted by molar-refractivity contribution is 6.12. The SMILES string of the molecule is CC1(C)c2ccccc2-c2c(N(c3cccc4c3-c3ccccc3C43c4ccccc4-c4ccccc43)c3cc4ccccc4c4c3-c3ccccc3C4(C)C)cc3ccccc3c21. The summed E-state index contributed by atoms with van der Waals surface area (Å²) in [6.45, 7) is 9.72. The van der Waals surface area contributed by atoms with Crippen LogP contribution in [0.1, 0.15) is 72.2 Å². The predicted molar refractivity (Wildman–Crippen MR) is 268 cm³/mol. The number of benzene rings is 10. The van der Waals surface area contributed by atoms with Crippen molar-refractivity contribution < 1.29 is 0 Å². The third-order valence-electron chi connectivity index (χ3n) is 15.8. The summed E-state index contributed by atoms with van der Waals surface area (Å²) in [5.74, 6) is 0. The molecule has 0 radical (unpaired) electrons. The molecule has 1 nitrogen and oxygen atoms in total. The van der Waals surface area contributed by atoms with Gasteiger partial charge in [-0.05, 0) is 112 Å². The molecule has 1 heteroatoms. The van der Waals surface area contributed by atoms with Gasteiger partial charge in [0, 0.05) is 27.5 Å². The van der Waals surface area contributed by atoms with Gasteiger partial charge in [-0.1, -0.05) is 210 Å². The Labute approximate surface area is 374 Å². The Hall–Kier alpha value is -7.48. The van der Waals surface area contributed by atoms with E-state index < -0.39 is 5.41 Å². The third-order valence-corrected chi connectivity index (χ3v) is 15.8. The van der Waals surface area contributed by atoms with E-state index in [1.54, 1.807) is 0 Å². The second kappa shape index (κ2) is 12.4. The molecule has 302 valence electrons. The lowest BCUT2D eigenvalue weighted by molar-refractivity contribution is 0.666. The molecule has 64 heavy (non-hydrogen) atoms. The number of hydrogen-bond donors (Lipinski definition) is 0. The first-order valence-corrected chi connectivity index (χ1v) is 22.9. The lowest BCUT2D eigenvalue weighted by Gasteiger charge is -2.34. The van der Waals surface area contributed by atoms with Crippen LogP contribution in [0.2, 0.25) is 0 Å². The van der Waals surface area contributed by atoms with Crippen LogP contribution in [0.3, 0.4) is 0 Å². The predicted octanol–water partition coefficient (Wildman–Crippen LogP) is 16.4. The molecule has 0 aromatic heterocycles. The first kappa shape index (κ1) is 36.0. The zero-order chi connectivity index (χ0) is 42.7. The summed E-state index contributed by atoms with van der Waals surface area (Å²) < 4.78 is 0. The highest BCUT2D eigenvalue weighted by Gasteiger charge is 2.53. The molecule has 0 unspecified atom stereocenters. The molecule has 10 aromatic rings. The smallest absolute Gasteiger partial charge is 0.0726 e. The second-order valence-electron chi connectivity index (χ2n) is 19.5. The largest absolute Gasteiger partial charge is 0.309 e. The van der Waals surface area contributed by atoms with Crippen LogP contribution in [0, 0.1) is 0 Å². The molecule has 4 aliphatic rings. The minimum Gasteiger partial charge on any atom is -0.309 e. The highest BCUT2D eigenvalue weighted by atomic mass is 15.2. The van der Waals surface area contributed by atoms with Crippen molar-refractivity contribution in [3.63, 3.8) is 0 Å². The molecule has 0 saturated carbocycles. The normalized spacial score (nSPS) is 15.6. The summed E-state index contributed by atoms with van der Waals surface area (Å²) >= 11 is 0. The van der Waals surface area contributed by atoms with Gasteiger partial charge in [-0.15, -0.1) is 0 Å². The van der Waals surface area contributed by atoms with Crippen molar-refractivity contribution in [2.45, 2.75) is 43.9 Å². The molecule has 0 N–H and O–H groups in total. The average Bonchev–Trinajstić information content (AvgIpc) is 3.98. The van der Waals surface area contributed by atoms with Gasteiger partial charge in [-0.3, -0.25) is 0 Å². The molecule has 0 atom stereocenters. The van der Waals surface area contributed by atoms with E-state index in [9.17, 15) is 0 Å². The molecule has 0 heterocycles. The summed E-state index contributed by atoms with van der Waals surface area (Å²) in [6.07, 6.45) is 0. The summed E-state index contributed by atoms with van der Waals surface area (Å²) in [7, 11) is 0. The molecule has 4 aliphatic carbocycles. The van der Waals surface area contributed by atoms with Gasteiger partial charge in [0.15, 0.2) is 0 Å². The number of hydrogen-bond acceptors (Lipinski definition) is 1. The van der Waals surface area contributed by atoms with Gasteiger partial charge < -0.3 is 4.90 Å². The molecular formula is C63H45N.